The molecule has 11 rings (SSSR count). The number of carbonyl (C=O) groups excluding carboxylic acids is 1. The van der Waals surface area contributed by atoms with Gasteiger partial charge in [-0.15, -0.1) is 0 Å². The van der Waals surface area contributed by atoms with Crippen LogP contribution in [0.2, 0.25) is 0 Å². The predicted octanol–water partition coefficient (Wildman–Crippen LogP) is 2.02. The highest BCUT2D eigenvalue weighted by Crippen LogP contribution is 2.63. The Morgan fingerprint density at radius 3 is 1.32 bits per heavy atom. The molecule has 4 aliphatic rings. The summed E-state index contributed by atoms with van der Waals surface area (Å²) in [5.41, 5.74) is -4.02. The summed E-state index contributed by atoms with van der Waals surface area (Å²) in [5, 5.41) is 254. The Hall–Kier alpha value is -10.5. The first-order valence-corrected chi connectivity index (χ1v) is 26.1. The zero-order valence-electron chi connectivity index (χ0n) is 44.5. The normalized spacial score (nSPS) is 25.4. The van der Waals surface area contributed by atoms with Gasteiger partial charge in [0.2, 0.25) is 6.29 Å². The molecule has 464 valence electrons. The summed E-state index contributed by atoms with van der Waals surface area (Å²) >= 11 is 0. The van der Waals surface area contributed by atoms with Gasteiger partial charge in [0.05, 0.1) is 23.5 Å². The Kier molecular flexibility index (Phi) is 14.7. The second-order valence-corrected chi connectivity index (χ2v) is 21.2. The molecule has 4 aliphatic heterocycles. The molecule has 0 radical (unpaired) electrons. The number of aliphatic hydroxyl groups is 6. The molecular weight excluding hydrogens is 1180 g/mol. The van der Waals surface area contributed by atoms with Crippen LogP contribution in [0.25, 0.3) is 0 Å². The largest absolute Gasteiger partial charge is 0.507 e. The number of hydrogen-bond acceptors (Lipinski definition) is 30. The standard InChI is InChI=1S/C58H52O30/c59-21-12-23(61)38(55-20(21)11-34(72)52(87-55)15-1-26(64)43(73)27(65)2-15)42-40-25(63)13-24(62)39(56(40)88-54(49(42)79)17-5-30(68)45(75)31(69)6-17)41-37-22(60)9-19(10-35(37)85-53(48(41)78)16-3-28(66)44(74)29(67)4-16)84-58-51(81)50(80)47(77)36(86-58)14-83-57(82)18-7-32(70)46(76)33(71)8-18/h1-10,12-13,34,36,41-42,47-54,58-81H,11,14H2/t34-,36-,41-,42+,47-,48-,49-,50+,51-,52-,53-,54-,58-/m1/s1. The van der Waals surface area contributed by atoms with E-state index >= 15 is 0 Å². The van der Waals surface area contributed by atoms with Crippen molar-refractivity contribution in [3.8, 4) is 121 Å². The van der Waals surface area contributed by atoms with Gasteiger partial charge in [0.15, 0.2) is 87.3 Å². The maximum absolute atomic E-state index is 12.9. The van der Waals surface area contributed by atoms with Crippen LogP contribution in [0.3, 0.4) is 0 Å². The van der Waals surface area contributed by atoms with Crippen LogP contribution in [0.5, 0.6) is 121 Å². The van der Waals surface area contributed by atoms with Crippen molar-refractivity contribution in [1.82, 2.24) is 0 Å². The van der Waals surface area contributed by atoms with Crippen LogP contribution in [0.15, 0.2) is 72.8 Å². The van der Waals surface area contributed by atoms with E-state index < -0.39 is 252 Å². The monoisotopic (exact) mass is 1230 g/mol. The van der Waals surface area contributed by atoms with E-state index in [0.29, 0.717) is 6.07 Å². The van der Waals surface area contributed by atoms with Crippen molar-refractivity contribution >= 4 is 5.97 Å². The molecule has 0 amide bonds. The molecule has 1 saturated heterocycles. The van der Waals surface area contributed by atoms with E-state index in [-0.39, 0.29) is 16.7 Å². The summed E-state index contributed by atoms with van der Waals surface area (Å²) in [4.78, 5) is 12.9. The molecule has 7 aromatic carbocycles. The fraction of sp³-hybridized carbons (Fsp3) is 0.259. The average Bonchev–Trinajstić information content (AvgIpc) is 0.733. The Morgan fingerprint density at radius 2 is 0.818 bits per heavy atom. The summed E-state index contributed by atoms with van der Waals surface area (Å²) in [7, 11) is 0. The number of phenolic OH excluding ortho intramolecular Hbond substituents is 17. The highest BCUT2D eigenvalue weighted by atomic mass is 16.7. The molecule has 0 aromatic heterocycles. The van der Waals surface area contributed by atoms with E-state index in [4.69, 9.17) is 28.4 Å². The van der Waals surface area contributed by atoms with Crippen LogP contribution in [0.1, 0.15) is 85.0 Å². The van der Waals surface area contributed by atoms with Crippen molar-refractivity contribution in [2.24, 2.45) is 0 Å². The van der Waals surface area contributed by atoms with Crippen molar-refractivity contribution in [2.45, 2.75) is 85.6 Å². The van der Waals surface area contributed by atoms with E-state index in [1.54, 1.807) is 0 Å². The van der Waals surface area contributed by atoms with Crippen LogP contribution in [-0.2, 0) is 15.9 Å². The number of fused-ring (bicyclic) bond motifs is 3. The lowest BCUT2D eigenvalue weighted by molar-refractivity contribution is -0.277. The van der Waals surface area contributed by atoms with Crippen LogP contribution in [-0.4, -0.2) is 179 Å². The molecule has 13 atom stereocenters. The minimum absolute atomic E-state index is 0.194. The van der Waals surface area contributed by atoms with E-state index in [0.717, 1.165) is 66.7 Å². The zero-order valence-corrected chi connectivity index (χ0v) is 44.5. The van der Waals surface area contributed by atoms with Gasteiger partial charge < -0.3 is 146 Å². The van der Waals surface area contributed by atoms with E-state index in [9.17, 15) is 122 Å². The number of carbonyl (C=O) groups is 1. The van der Waals surface area contributed by atoms with Gasteiger partial charge in [-0.2, -0.15) is 0 Å². The summed E-state index contributed by atoms with van der Waals surface area (Å²) in [6.07, 6.45) is -22.2. The summed E-state index contributed by atoms with van der Waals surface area (Å²) in [6, 6.07) is 9.85. The van der Waals surface area contributed by atoms with Crippen molar-refractivity contribution in [3.05, 3.63) is 123 Å². The SMILES string of the molecule is O=C(OC[C@H]1O[C@@H](Oc2cc(O)c3c(c2)O[C@H](c2cc(O)c(O)c(O)c2)[C@H](O)[C@H]3c2c(O)cc(O)c3c2O[C@H](c2cc(O)c(O)c(O)c2)[C@H](O)[C@H]3c2c(O)cc(O)c3c2O[C@H](c2cc(O)c(O)c(O)c2)[C@H](O)C3)[C@H](O)[C@@H](O)[C@@H]1O)c1cc(O)c(O)c(O)c1. The Bertz CT molecular complexity index is 3890. The van der Waals surface area contributed by atoms with Crippen LogP contribution in [0.4, 0.5) is 0 Å². The van der Waals surface area contributed by atoms with Crippen LogP contribution in [0, 0.1) is 0 Å². The second-order valence-electron chi connectivity index (χ2n) is 21.2. The topological polar surface area (TPSA) is 538 Å². The Morgan fingerprint density at radius 1 is 0.409 bits per heavy atom. The van der Waals surface area contributed by atoms with Crippen molar-refractivity contribution in [1.29, 1.82) is 0 Å². The molecule has 0 bridgehead atoms. The highest BCUT2D eigenvalue weighted by Gasteiger charge is 2.52. The van der Waals surface area contributed by atoms with Crippen LogP contribution < -0.4 is 18.9 Å². The fourth-order valence-electron chi connectivity index (χ4n) is 11.5. The van der Waals surface area contributed by atoms with Crippen molar-refractivity contribution in [2.75, 3.05) is 6.61 Å². The maximum atomic E-state index is 12.9. The molecule has 88 heavy (non-hydrogen) atoms. The minimum atomic E-state index is -2.22. The molecule has 30 heteroatoms. The second kappa shape index (κ2) is 21.8. The van der Waals surface area contributed by atoms with Gasteiger partial charge in [0, 0.05) is 75.2 Å². The number of phenols is 17. The smallest absolute Gasteiger partial charge is 0.338 e. The first kappa shape index (κ1) is 59.3. The lowest BCUT2D eigenvalue weighted by Crippen LogP contribution is -2.60. The number of aliphatic hydroxyl groups excluding tert-OH is 6. The number of esters is 1. The number of aromatic hydroxyl groups is 17. The third-order valence-electron chi connectivity index (χ3n) is 15.7. The predicted molar refractivity (Wildman–Crippen MR) is 287 cm³/mol. The maximum Gasteiger partial charge on any atom is 0.338 e. The molecule has 23 N–H and O–H groups in total. The van der Waals surface area contributed by atoms with E-state index in [2.05, 4.69) is 0 Å². The lowest BCUT2D eigenvalue weighted by atomic mass is 9.73. The number of hydrogen-bond donors (Lipinski definition) is 23. The summed E-state index contributed by atoms with van der Waals surface area (Å²) < 4.78 is 35.8. The first-order valence-electron chi connectivity index (χ1n) is 26.1. The van der Waals surface area contributed by atoms with Gasteiger partial charge in [-0.3, -0.25) is 0 Å². The molecule has 30 nitrogen and oxygen atoms in total. The Balaban J connectivity index is 1.06. The first-order chi connectivity index (χ1) is 41.5. The quantitative estimate of drug-likeness (QED) is 0.0688. The third kappa shape index (κ3) is 9.84. The number of rotatable bonds is 10. The molecule has 1 fully saturated rings. The number of ether oxygens (including phenoxy) is 6. The lowest BCUT2D eigenvalue weighted by Gasteiger charge is -2.43. The van der Waals surface area contributed by atoms with Gasteiger partial charge in [-0.1, -0.05) is 0 Å². The molecule has 0 aliphatic carbocycles. The van der Waals surface area contributed by atoms with Gasteiger partial charge in [-0.05, 0) is 48.5 Å². The van der Waals surface area contributed by atoms with Crippen LogP contribution >= 0.6 is 0 Å². The fourth-order valence-corrected chi connectivity index (χ4v) is 11.5. The third-order valence-corrected chi connectivity index (χ3v) is 15.7. The average molecular weight is 1230 g/mol. The van der Waals surface area contributed by atoms with E-state index in [1.807, 2.05) is 0 Å². The van der Waals surface area contributed by atoms with Gasteiger partial charge in [0.1, 0.15) is 95.0 Å². The molecule has 0 saturated carbocycles. The molecular formula is C58H52O30. The molecule has 7 aromatic rings. The van der Waals surface area contributed by atoms with Gasteiger partial charge in [0.25, 0.3) is 0 Å². The van der Waals surface area contributed by atoms with Crippen molar-refractivity contribution in [3.63, 3.8) is 0 Å². The van der Waals surface area contributed by atoms with Gasteiger partial charge >= 0.3 is 5.97 Å². The van der Waals surface area contributed by atoms with E-state index in [1.165, 1.54) is 0 Å². The minimum Gasteiger partial charge on any atom is -0.507 e. The molecule has 0 unspecified atom stereocenters. The molecule has 0 spiro atoms. The summed E-state index contributed by atoms with van der Waals surface area (Å²) in [5.74, 6) is -23.7. The zero-order chi connectivity index (χ0) is 63.5. The summed E-state index contributed by atoms with van der Waals surface area (Å²) in [6.45, 7) is -0.906. The molecule has 4 heterocycles. The van der Waals surface area contributed by atoms with Gasteiger partial charge in [-0.25, -0.2) is 4.79 Å². The highest BCUT2D eigenvalue weighted by molar-refractivity contribution is 5.91. The Labute approximate surface area is 491 Å². The van der Waals surface area contributed by atoms with Crippen molar-refractivity contribution < 1.29 is 151 Å². The number of benzene rings is 7.